The first-order valence-electron chi connectivity index (χ1n) is 19.4. The van der Waals surface area contributed by atoms with E-state index in [2.05, 4.69) is 0 Å². The number of furan rings is 2. The van der Waals surface area contributed by atoms with Crippen LogP contribution in [0.1, 0.15) is 5.56 Å². The van der Waals surface area contributed by atoms with Crippen LogP contribution in [-0.2, 0) is 0 Å². The number of rotatable bonds is 2. The van der Waals surface area contributed by atoms with E-state index in [4.69, 9.17) is 18.0 Å². The van der Waals surface area contributed by atoms with E-state index < -0.39 is 208 Å². The van der Waals surface area contributed by atoms with E-state index in [9.17, 15) is 97.0 Å². The minimum atomic E-state index is -1.54. The number of benzene rings is 8. The number of phenols is 19. The Morgan fingerprint density at radius 1 is 0.235 bits per heavy atom. The number of aryl methyl sites for hydroxylation is 1. The smallest absolute Gasteiger partial charge is 0.235 e. The summed E-state index contributed by atoms with van der Waals surface area (Å²) < 4.78 is 23.2. The normalized spacial score (nSPS) is 12.2. The molecule has 0 aliphatic carbocycles. The maximum atomic E-state index is 12.2. The summed E-state index contributed by atoms with van der Waals surface area (Å²) in [6, 6.07) is 0. The molecular formula is C43H26B2O23. The fourth-order valence-electron chi connectivity index (χ4n) is 9.61. The molecule has 0 unspecified atom stereocenters. The van der Waals surface area contributed by atoms with Crippen LogP contribution in [0.25, 0.3) is 110 Å². The van der Waals surface area contributed by atoms with Gasteiger partial charge in [-0.15, -0.1) is 0 Å². The predicted octanol–water partition coefficient (Wildman–Crippen LogP) is 3.85. The van der Waals surface area contributed by atoms with Crippen molar-refractivity contribution < 1.29 is 115 Å². The maximum Gasteiger partial charge on any atom is 0.235 e. The van der Waals surface area contributed by atoms with E-state index in [-0.39, 0.29) is 27.3 Å². The average molecular weight is 932 g/mol. The summed E-state index contributed by atoms with van der Waals surface area (Å²) in [6.45, 7) is 1.31. The molecule has 3 heterocycles. The highest BCUT2D eigenvalue weighted by Gasteiger charge is 2.39. The Morgan fingerprint density at radius 2 is 0.574 bits per heavy atom. The van der Waals surface area contributed by atoms with Gasteiger partial charge in [-0.25, -0.2) is 0 Å². The van der Waals surface area contributed by atoms with E-state index in [1.807, 2.05) is 0 Å². The molecule has 342 valence electrons. The highest BCUT2D eigenvalue weighted by atomic mass is 17.0. The fraction of sp³-hybridized carbons (Fsp3) is 0.0233. The zero-order chi connectivity index (χ0) is 49.1. The Kier molecular flexibility index (Phi) is 7.47. The monoisotopic (exact) mass is 932 g/mol. The van der Waals surface area contributed by atoms with Crippen LogP contribution in [0.4, 0.5) is 0 Å². The summed E-state index contributed by atoms with van der Waals surface area (Å²) >= 11 is 0. The van der Waals surface area contributed by atoms with Crippen molar-refractivity contribution in [1.29, 1.82) is 0 Å². The fourth-order valence-corrected chi connectivity index (χ4v) is 9.61. The summed E-state index contributed by atoms with van der Waals surface area (Å²) in [5.41, 5.74) is -8.48. The molecule has 0 aliphatic heterocycles. The van der Waals surface area contributed by atoms with Gasteiger partial charge in [-0.3, -0.25) is 9.15 Å². The molecule has 0 aliphatic rings. The summed E-state index contributed by atoms with van der Waals surface area (Å²) in [6.07, 6.45) is 0. The average Bonchev–Trinajstić information content (AvgIpc) is 3.90. The Hall–Kier alpha value is -9.93. The van der Waals surface area contributed by atoms with Crippen LogP contribution < -0.4 is 10.9 Å². The van der Waals surface area contributed by atoms with Crippen LogP contribution in [0.2, 0.25) is 0 Å². The van der Waals surface area contributed by atoms with E-state index in [0.717, 1.165) is 15.7 Å². The number of aromatic hydroxyl groups is 19. The van der Waals surface area contributed by atoms with E-state index >= 15 is 0 Å². The lowest BCUT2D eigenvalue weighted by atomic mass is 9.74. The molecular weight excluding hydrogens is 906 g/mol. The highest BCUT2D eigenvalue weighted by molar-refractivity contribution is 6.50. The lowest BCUT2D eigenvalue weighted by Gasteiger charge is -2.26. The molecule has 0 saturated heterocycles. The van der Waals surface area contributed by atoms with Crippen LogP contribution in [0.3, 0.4) is 0 Å². The van der Waals surface area contributed by atoms with Crippen molar-refractivity contribution in [3.63, 3.8) is 0 Å². The minimum absolute atomic E-state index is 0.117. The molecule has 23 nitrogen and oxygen atoms in total. The summed E-state index contributed by atoms with van der Waals surface area (Å²) in [5, 5.41) is 210. The summed E-state index contributed by atoms with van der Waals surface area (Å²) in [7, 11) is 2.12. The van der Waals surface area contributed by atoms with Gasteiger partial charge >= 0.3 is 0 Å². The van der Waals surface area contributed by atoms with E-state index in [0.29, 0.717) is 0 Å². The third-order valence-corrected chi connectivity index (χ3v) is 12.8. The quantitative estimate of drug-likeness (QED) is 0.0385. The molecule has 0 saturated carbocycles. The van der Waals surface area contributed by atoms with E-state index in [1.165, 1.54) is 6.92 Å². The van der Waals surface area contributed by atoms with Crippen LogP contribution in [0.5, 0.6) is 109 Å². The van der Waals surface area contributed by atoms with Gasteiger partial charge in [0.05, 0.1) is 21.7 Å². The van der Waals surface area contributed by atoms with Crippen molar-refractivity contribution >= 4 is 114 Å². The van der Waals surface area contributed by atoms with Crippen molar-refractivity contribution in [2.24, 2.45) is 0 Å². The number of hydrogen-bond donors (Lipinski definition) is 19. The van der Waals surface area contributed by atoms with Crippen LogP contribution in [0.15, 0.2) is 18.0 Å². The third kappa shape index (κ3) is 4.29. The molecule has 0 spiro atoms. The predicted molar refractivity (Wildman–Crippen MR) is 239 cm³/mol. The lowest BCUT2D eigenvalue weighted by molar-refractivity contribution is 0.0893. The molecule has 0 radical (unpaired) electrons. The van der Waals surface area contributed by atoms with E-state index in [1.54, 1.807) is 0 Å². The Morgan fingerprint density at radius 3 is 1.10 bits per heavy atom. The molecule has 11 aromatic rings. The second kappa shape index (κ2) is 12.4. The molecule has 0 atom stereocenters. The van der Waals surface area contributed by atoms with Crippen LogP contribution in [0, 0.1) is 6.92 Å². The van der Waals surface area contributed by atoms with Gasteiger partial charge in [-0.1, -0.05) is 0 Å². The number of fused-ring (bicyclic) bond motifs is 3. The maximum absolute atomic E-state index is 12.2. The topological polar surface area (TPSA) is 437 Å². The van der Waals surface area contributed by atoms with Gasteiger partial charge in [0.1, 0.15) is 21.3 Å². The second-order valence-corrected chi connectivity index (χ2v) is 16.1. The molecule has 0 amide bonds. The Bertz CT molecular complexity index is 4200. The van der Waals surface area contributed by atoms with Gasteiger partial charge in [0, 0.05) is 49.0 Å². The molecule has 0 bridgehead atoms. The number of hydrogen-bond acceptors (Lipinski definition) is 23. The first-order valence-corrected chi connectivity index (χ1v) is 19.4. The van der Waals surface area contributed by atoms with Crippen molar-refractivity contribution in [3.8, 4) is 131 Å². The zero-order valence-electron chi connectivity index (χ0n) is 34.1. The highest BCUT2D eigenvalue weighted by Crippen LogP contribution is 2.65. The summed E-state index contributed by atoms with van der Waals surface area (Å²) in [4.78, 5) is 0. The SMILES string of the molecule is Bc1c(O)c(O)c2c(O)c(O)c(O)c(O)c2c1-c1c2c(B)c(O)c(O)c(O)c2c(-c2c(O)c(O)c3oc4c(O)c(O)c5oc6c(C)c(O)c(O)c7ooc2c3c4c5c67)c2c(O)c(O)c(O)c(O)c12. The molecule has 0 fully saturated rings. The van der Waals surface area contributed by atoms with Crippen molar-refractivity contribution in [3.05, 3.63) is 5.56 Å². The van der Waals surface area contributed by atoms with Crippen LogP contribution in [-0.4, -0.2) is 113 Å². The lowest BCUT2D eigenvalue weighted by Crippen LogP contribution is -2.14. The van der Waals surface area contributed by atoms with Gasteiger partial charge in [0.2, 0.25) is 57.2 Å². The second-order valence-electron chi connectivity index (χ2n) is 16.1. The van der Waals surface area contributed by atoms with Gasteiger partial charge in [-0.05, 0) is 28.8 Å². The first-order chi connectivity index (χ1) is 32.0. The largest absolute Gasteiger partial charge is 0.505 e. The van der Waals surface area contributed by atoms with Crippen LogP contribution >= 0.6 is 0 Å². The van der Waals surface area contributed by atoms with Gasteiger partial charge < -0.3 is 106 Å². The third-order valence-electron chi connectivity index (χ3n) is 12.8. The summed E-state index contributed by atoms with van der Waals surface area (Å²) in [5.74, 6) is -24.2. The molecule has 68 heavy (non-hydrogen) atoms. The Balaban J connectivity index is 1.51. The first kappa shape index (κ1) is 40.8. The molecule has 8 aromatic carbocycles. The van der Waals surface area contributed by atoms with Gasteiger partial charge in [0.25, 0.3) is 0 Å². The molecule has 11 rings (SSSR count). The minimum Gasteiger partial charge on any atom is -0.505 e. The molecule has 3 aromatic heterocycles. The van der Waals surface area contributed by atoms with Crippen molar-refractivity contribution in [2.45, 2.75) is 6.92 Å². The number of phenolic OH excluding ortho intramolecular Hbond substituents is 19. The zero-order valence-corrected chi connectivity index (χ0v) is 34.1. The van der Waals surface area contributed by atoms with Crippen molar-refractivity contribution in [2.75, 3.05) is 0 Å². The standard InChI is InChI=1S/C43H26B2O23/c1-2-19(46)34(61)43-15-11-12-16-39(67-68-43)14(26(53)35(62)42(16)66-41(12)37(64)36(63)40(11)65-38(2)15)4-7-5(18(45)28(55)29(56)20(7)47)3(8-9(4)22(49)31(58)30(57)21(8)48)6-10-13(24(51)27(54)17(6)44)25(52)33(60)32(59)23(10)50/h46-64H,44-45H2,1H3. The van der Waals surface area contributed by atoms with Gasteiger partial charge in [0.15, 0.2) is 80.0 Å². The molecule has 25 heteroatoms. The van der Waals surface area contributed by atoms with Crippen molar-refractivity contribution in [1.82, 2.24) is 0 Å². The Labute approximate surface area is 372 Å². The van der Waals surface area contributed by atoms with Gasteiger partial charge in [-0.2, -0.15) is 0 Å². The molecule has 19 N–H and O–H groups in total.